The number of fused-ring (bicyclic) bond motifs is 2. The number of H-pyrrole nitrogens is 1. The molecule has 1 amide bonds. The van der Waals surface area contributed by atoms with E-state index in [0.29, 0.717) is 78.7 Å². The number of rotatable bonds is 10. The maximum atomic E-state index is 15.8. The van der Waals surface area contributed by atoms with E-state index in [1.807, 2.05) is 30.7 Å². The monoisotopic (exact) mass is 859 g/mol. The molecule has 16 nitrogen and oxygen atoms in total. The molecule has 326 valence electrons. The van der Waals surface area contributed by atoms with E-state index in [1.54, 1.807) is 11.0 Å². The minimum Gasteiger partial charge on any atom is -0.402 e. The molecule has 0 spiro atoms. The number of aromatic nitrogens is 6. The molecule has 0 bridgehead atoms. The Balaban J connectivity index is 1.14. The highest BCUT2D eigenvalue weighted by atomic mass is 19.1. The summed E-state index contributed by atoms with van der Waals surface area (Å²) in [5.41, 5.74) is 16.5. The van der Waals surface area contributed by atoms with Crippen molar-refractivity contribution in [1.29, 1.82) is 5.41 Å². The van der Waals surface area contributed by atoms with Gasteiger partial charge in [0.25, 0.3) is 5.91 Å². The van der Waals surface area contributed by atoms with E-state index < -0.39 is 23.3 Å². The Morgan fingerprint density at radius 2 is 1.87 bits per heavy atom. The summed E-state index contributed by atoms with van der Waals surface area (Å²) in [6, 6.07) is 8.90. The number of anilines is 1. The molecule has 2 unspecified atom stereocenters. The van der Waals surface area contributed by atoms with Crippen LogP contribution in [0.1, 0.15) is 84.0 Å². The van der Waals surface area contributed by atoms with Crippen molar-refractivity contribution in [2.45, 2.75) is 77.3 Å². The van der Waals surface area contributed by atoms with Gasteiger partial charge in [-0.25, -0.2) is 28.3 Å². The fraction of sp³-hybridized carbons (Fsp3) is 0.356. The fourth-order valence-electron chi connectivity index (χ4n) is 9.34. The minimum absolute atomic E-state index is 0.0419. The first kappa shape index (κ1) is 41.4. The number of hydrogen-bond acceptors (Lipinski definition) is 11. The molecule has 6 heterocycles. The third-order valence-electron chi connectivity index (χ3n) is 12.6. The van der Waals surface area contributed by atoms with Gasteiger partial charge in [-0.1, -0.05) is 12.1 Å². The van der Waals surface area contributed by atoms with Gasteiger partial charge < -0.3 is 31.1 Å². The Morgan fingerprint density at radius 3 is 2.63 bits per heavy atom. The third kappa shape index (κ3) is 7.57. The van der Waals surface area contributed by atoms with Crippen LogP contribution in [0, 0.1) is 23.0 Å². The first-order valence-corrected chi connectivity index (χ1v) is 21.1. The standard InChI is InChI=1S/C45H47F2N11O5/c1-24(18-38-53-44(60)63-54-38)23-58-37(20-27-19-28(22-51-41(27)58)26-11-16-62-17-12-26)43(59)55-13-10-34(50)39(25(55)2)42(52-35-8-6-32(46)29-4-3-5-30(29)35)57-15-14-56(45(57)61)36-9-7-33(49)31(21-48)40(36)47/h6-9,14-15,19-22,24-26,48H,3-5,10-13,16-18,23,49-50H2,1-2H3,(H,53,54,60). The van der Waals surface area contributed by atoms with Crippen molar-refractivity contribution in [3.8, 4) is 5.69 Å². The van der Waals surface area contributed by atoms with Crippen molar-refractivity contribution in [1.82, 2.24) is 33.7 Å². The Kier molecular flexibility index (Phi) is 11.0. The number of carbonyl (C=O) groups is 1. The number of imidazole rings is 1. The molecule has 18 heteroatoms. The van der Waals surface area contributed by atoms with Crippen molar-refractivity contribution in [2.24, 2.45) is 16.6 Å². The van der Waals surface area contributed by atoms with Crippen LogP contribution in [0.5, 0.6) is 0 Å². The number of aromatic amines is 1. The van der Waals surface area contributed by atoms with Gasteiger partial charge >= 0.3 is 11.4 Å². The van der Waals surface area contributed by atoms with E-state index in [-0.39, 0.29) is 59.3 Å². The second-order valence-electron chi connectivity index (χ2n) is 16.6. The maximum Gasteiger partial charge on any atom is 0.438 e. The summed E-state index contributed by atoms with van der Waals surface area (Å²) in [4.78, 5) is 55.7. The van der Waals surface area contributed by atoms with E-state index in [4.69, 9.17) is 36.1 Å². The normalized spacial score (nSPS) is 17.7. The summed E-state index contributed by atoms with van der Waals surface area (Å²) in [5.74, 6) is -1.51. The van der Waals surface area contributed by atoms with Crippen LogP contribution in [0.25, 0.3) is 16.7 Å². The van der Waals surface area contributed by atoms with E-state index in [9.17, 15) is 9.59 Å². The lowest BCUT2D eigenvalue weighted by molar-refractivity contribution is 0.0698. The Bertz CT molecular complexity index is 2970. The van der Waals surface area contributed by atoms with Crippen molar-refractivity contribution >= 4 is 40.4 Å². The molecule has 1 saturated heterocycles. The Morgan fingerprint density at radius 1 is 1.08 bits per heavy atom. The zero-order chi connectivity index (χ0) is 44.1. The number of hydrogen-bond donors (Lipinski definition) is 4. The van der Waals surface area contributed by atoms with Gasteiger partial charge in [0, 0.05) is 86.3 Å². The third-order valence-corrected chi connectivity index (χ3v) is 12.6. The number of halogens is 2. The van der Waals surface area contributed by atoms with Gasteiger partial charge in [0.2, 0.25) is 0 Å². The van der Waals surface area contributed by atoms with Crippen LogP contribution in [-0.4, -0.2) is 77.5 Å². The number of pyridine rings is 1. The molecule has 63 heavy (non-hydrogen) atoms. The first-order valence-electron chi connectivity index (χ1n) is 21.1. The van der Waals surface area contributed by atoms with Crippen LogP contribution in [0.4, 0.5) is 20.2 Å². The predicted octanol–water partition coefficient (Wildman–Crippen LogP) is 5.51. The zero-order valence-electron chi connectivity index (χ0n) is 34.9. The lowest BCUT2D eigenvalue weighted by Crippen LogP contribution is -2.48. The molecule has 6 aromatic rings. The SMILES string of the molecule is CC(Cc1noc(=O)[nH]1)Cn1c(C(=O)N2CCC(N)=C(C(=Nc3ccc(F)c4c3CCC4)n3ccn(-c4ccc(N)c(C=N)c4F)c3=O)C2C)cc2cc(C3CCOCC3)cnc21. The topological polar surface area (TPSA) is 221 Å². The average molecular weight is 860 g/mol. The molecule has 2 aromatic carbocycles. The van der Waals surface area contributed by atoms with Crippen LogP contribution in [0.2, 0.25) is 0 Å². The largest absolute Gasteiger partial charge is 0.438 e. The van der Waals surface area contributed by atoms with Gasteiger partial charge in [-0.05, 0) is 104 Å². The second kappa shape index (κ2) is 16.7. The molecule has 6 N–H and O–H groups in total. The Labute approximate surface area is 359 Å². The quantitative estimate of drug-likeness (QED) is 0.0774. The van der Waals surface area contributed by atoms with E-state index >= 15 is 13.6 Å². The maximum absolute atomic E-state index is 15.8. The molecule has 2 aliphatic heterocycles. The molecule has 3 aliphatic rings. The van der Waals surface area contributed by atoms with Crippen LogP contribution >= 0.6 is 0 Å². The van der Waals surface area contributed by atoms with Gasteiger partial charge in [0.05, 0.1) is 23.0 Å². The summed E-state index contributed by atoms with van der Waals surface area (Å²) < 4.78 is 45.4. The smallest absolute Gasteiger partial charge is 0.402 e. The Hall–Kier alpha value is -6.95. The van der Waals surface area contributed by atoms with Crippen molar-refractivity contribution < 1.29 is 22.8 Å². The fourth-order valence-corrected chi connectivity index (χ4v) is 9.34. The summed E-state index contributed by atoms with van der Waals surface area (Å²) in [7, 11) is 0. The van der Waals surface area contributed by atoms with E-state index in [2.05, 4.69) is 16.2 Å². The number of aliphatic imine (C=N–C) groups is 1. The highest BCUT2D eigenvalue weighted by Crippen LogP contribution is 2.36. The number of nitrogens with one attached hydrogen (secondary N) is 2. The highest BCUT2D eigenvalue weighted by molar-refractivity contribution is 6.05. The van der Waals surface area contributed by atoms with Crippen LogP contribution in [-0.2, 0) is 30.5 Å². The second-order valence-corrected chi connectivity index (χ2v) is 16.6. The predicted molar refractivity (Wildman–Crippen MR) is 232 cm³/mol. The molecular weight excluding hydrogens is 813 g/mol. The molecule has 0 saturated carbocycles. The van der Waals surface area contributed by atoms with Crippen molar-refractivity contribution in [2.75, 3.05) is 25.5 Å². The van der Waals surface area contributed by atoms with E-state index in [1.165, 1.54) is 35.2 Å². The number of nitrogens with zero attached hydrogens (tertiary/aromatic N) is 7. The molecular formula is C45H47F2N11O5. The number of nitrogen functional groups attached to an aromatic ring is 1. The van der Waals surface area contributed by atoms with E-state index in [0.717, 1.165) is 46.6 Å². The zero-order valence-corrected chi connectivity index (χ0v) is 34.9. The minimum atomic E-state index is -0.852. The van der Waals surface area contributed by atoms with Gasteiger partial charge in [0.1, 0.15) is 23.0 Å². The summed E-state index contributed by atoms with van der Waals surface area (Å²) in [5, 5.41) is 12.4. The average Bonchev–Trinajstić information content (AvgIpc) is 4.09. The molecule has 1 fully saturated rings. The summed E-state index contributed by atoms with van der Waals surface area (Å²) >= 11 is 0. The summed E-state index contributed by atoms with van der Waals surface area (Å²) in [6.07, 6.45) is 9.68. The van der Waals surface area contributed by atoms with Gasteiger partial charge in [-0.2, -0.15) is 0 Å². The van der Waals surface area contributed by atoms with Crippen molar-refractivity contribution in [3.05, 3.63) is 133 Å². The van der Waals surface area contributed by atoms with Crippen molar-refractivity contribution in [3.63, 3.8) is 0 Å². The molecule has 0 radical (unpaired) electrons. The summed E-state index contributed by atoms with van der Waals surface area (Å²) in [6.45, 7) is 5.72. The number of nitrogens with two attached hydrogens (primary N) is 2. The number of benzene rings is 2. The molecule has 2 atom stereocenters. The first-order chi connectivity index (χ1) is 30.4. The van der Waals surface area contributed by atoms with Crippen LogP contribution in [0.15, 0.2) is 85.4 Å². The lowest BCUT2D eigenvalue weighted by Gasteiger charge is -2.36. The molecule has 4 aromatic heterocycles. The van der Waals surface area contributed by atoms with Gasteiger partial charge in [-0.3, -0.25) is 23.4 Å². The van der Waals surface area contributed by atoms with Crippen LogP contribution < -0.4 is 22.9 Å². The number of carbonyl (C=O) groups excluding carboxylic acids is 1. The molecule has 1 aliphatic carbocycles. The highest BCUT2D eigenvalue weighted by Gasteiger charge is 2.36. The van der Waals surface area contributed by atoms with Gasteiger partial charge in [-0.15, -0.1) is 0 Å². The number of amides is 1. The molecule has 9 rings (SSSR count). The lowest BCUT2D eigenvalue weighted by atomic mass is 9.92. The number of ether oxygens (including phenoxy) is 1. The van der Waals surface area contributed by atoms with Crippen LogP contribution in [0.3, 0.4) is 0 Å². The van der Waals surface area contributed by atoms with Gasteiger partial charge in [0.15, 0.2) is 11.6 Å².